The van der Waals surface area contributed by atoms with Gasteiger partial charge in [0.15, 0.2) is 17.3 Å². The maximum atomic E-state index is 12.6. The standard InChI is InChI=1S/C28H33N5O5/c1-17-23(8-10-26(34)29-12-11-19-7-9-24(37-5)25(13-19)38-6)18(2)33-28(30-17)31-27(32-33)20-14-21(35-3)16-22(15-20)36-4/h7,9,13-16H,8,10-12H2,1-6H3,(H,29,34). The Kier molecular flexibility index (Phi) is 8.30. The highest BCUT2D eigenvalue weighted by atomic mass is 16.5. The number of ether oxygens (including phenoxy) is 4. The molecular weight excluding hydrogens is 486 g/mol. The zero-order valence-electron chi connectivity index (χ0n) is 22.6. The molecule has 0 aliphatic carbocycles. The van der Waals surface area contributed by atoms with Gasteiger partial charge in [-0.2, -0.15) is 4.98 Å². The molecule has 0 aliphatic rings. The van der Waals surface area contributed by atoms with Crippen LogP contribution in [0.3, 0.4) is 0 Å². The van der Waals surface area contributed by atoms with Crippen LogP contribution < -0.4 is 24.3 Å². The lowest BCUT2D eigenvalue weighted by Crippen LogP contribution is -2.26. The molecule has 4 aromatic rings. The van der Waals surface area contributed by atoms with E-state index in [9.17, 15) is 4.79 Å². The summed E-state index contributed by atoms with van der Waals surface area (Å²) in [5.74, 6) is 3.65. The zero-order chi connectivity index (χ0) is 27.2. The normalized spacial score (nSPS) is 10.9. The molecule has 0 spiro atoms. The Bertz CT molecular complexity index is 1430. The molecule has 4 rings (SSSR count). The van der Waals surface area contributed by atoms with E-state index in [2.05, 4.69) is 20.4 Å². The first-order valence-electron chi connectivity index (χ1n) is 12.3. The number of aromatic nitrogens is 4. The van der Waals surface area contributed by atoms with E-state index in [1.807, 2.05) is 44.2 Å². The maximum absolute atomic E-state index is 12.6. The Morgan fingerprint density at radius 3 is 2.24 bits per heavy atom. The van der Waals surface area contributed by atoms with Crippen molar-refractivity contribution in [2.24, 2.45) is 0 Å². The van der Waals surface area contributed by atoms with Gasteiger partial charge < -0.3 is 24.3 Å². The molecule has 2 aromatic heterocycles. The van der Waals surface area contributed by atoms with Crippen LogP contribution in [0.5, 0.6) is 23.0 Å². The second-order valence-corrected chi connectivity index (χ2v) is 8.80. The molecule has 2 aromatic carbocycles. The first-order chi connectivity index (χ1) is 18.4. The van der Waals surface area contributed by atoms with E-state index in [1.165, 1.54) is 0 Å². The highest BCUT2D eigenvalue weighted by Crippen LogP contribution is 2.29. The van der Waals surface area contributed by atoms with Crippen LogP contribution in [0.25, 0.3) is 17.2 Å². The number of nitrogens with one attached hydrogen (secondary N) is 1. The summed E-state index contributed by atoms with van der Waals surface area (Å²) in [7, 11) is 6.41. The molecule has 1 amide bonds. The minimum absolute atomic E-state index is 0.0212. The first-order valence-corrected chi connectivity index (χ1v) is 12.3. The number of nitrogens with zero attached hydrogens (tertiary/aromatic N) is 4. The van der Waals surface area contributed by atoms with Crippen molar-refractivity contribution in [3.63, 3.8) is 0 Å². The highest BCUT2D eigenvalue weighted by molar-refractivity contribution is 5.76. The van der Waals surface area contributed by atoms with E-state index in [1.54, 1.807) is 39.0 Å². The average Bonchev–Trinajstić information content (AvgIpc) is 3.36. The summed E-state index contributed by atoms with van der Waals surface area (Å²) in [6.07, 6.45) is 1.58. The van der Waals surface area contributed by atoms with Gasteiger partial charge >= 0.3 is 0 Å². The summed E-state index contributed by atoms with van der Waals surface area (Å²) in [4.78, 5) is 21.9. The van der Waals surface area contributed by atoms with Crippen molar-refractivity contribution in [3.05, 3.63) is 58.9 Å². The first kappa shape index (κ1) is 26.7. The molecule has 1 N–H and O–H groups in total. The number of hydrogen-bond acceptors (Lipinski definition) is 8. The fraction of sp³-hybridized carbons (Fsp3) is 0.357. The molecule has 0 aliphatic heterocycles. The third kappa shape index (κ3) is 5.80. The lowest BCUT2D eigenvalue weighted by molar-refractivity contribution is -0.121. The molecule has 0 unspecified atom stereocenters. The van der Waals surface area contributed by atoms with Gasteiger partial charge in [-0.15, -0.1) is 5.10 Å². The fourth-order valence-corrected chi connectivity index (χ4v) is 4.34. The van der Waals surface area contributed by atoms with Crippen LogP contribution in [0.4, 0.5) is 0 Å². The van der Waals surface area contributed by atoms with Crippen molar-refractivity contribution in [1.82, 2.24) is 24.9 Å². The Labute approximate surface area is 221 Å². The van der Waals surface area contributed by atoms with Crippen LogP contribution in [0.15, 0.2) is 36.4 Å². The lowest BCUT2D eigenvalue weighted by Gasteiger charge is -2.11. The number of benzene rings is 2. The van der Waals surface area contributed by atoms with E-state index in [4.69, 9.17) is 18.9 Å². The van der Waals surface area contributed by atoms with Crippen LogP contribution >= 0.6 is 0 Å². The molecule has 0 saturated carbocycles. The van der Waals surface area contributed by atoms with E-state index in [0.717, 1.165) is 28.1 Å². The number of rotatable bonds is 11. The van der Waals surface area contributed by atoms with E-state index in [-0.39, 0.29) is 5.91 Å². The summed E-state index contributed by atoms with van der Waals surface area (Å²) in [6, 6.07) is 11.3. The topological polar surface area (TPSA) is 109 Å². The van der Waals surface area contributed by atoms with Gasteiger partial charge in [0.25, 0.3) is 5.78 Å². The molecule has 38 heavy (non-hydrogen) atoms. The number of fused-ring (bicyclic) bond motifs is 1. The summed E-state index contributed by atoms with van der Waals surface area (Å²) in [5.41, 5.74) is 4.53. The third-order valence-corrected chi connectivity index (χ3v) is 6.44. The molecule has 0 bridgehead atoms. The van der Waals surface area contributed by atoms with Gasteiger partial charge in [-0.3, -0.25) is 4.79 Å². The van der Waals surface area contributed by atoms with Gasteiger partial charge in [0, 0.05) is 36.0 Å². The van der Waals surface area contributed by atoms with Crippen LogP contribution in [-0.4, -0.2) is 60.5 Å². The van der Waals surface area contributed by atoms with Crippen LogP contribution in [0.1, 0.15) is 28.9 Å². The average molecular weight is 520 g/mol. The van der Waals surface area contributed by atoms with Gasteiger partial charge in [0.2, 0.25) is 5.91 Å². The third-order valence-electron chi connectivity index (χ3n) is 6.44. The van der Waals surface area contributed by atoms with E-state index in [0.29, 0.717) is 60.4 Å². The second kappa shape index (κ2) is 11.8. The molecule has 200 valence electrons. The van der Waals surface area contributed by atoms with Crippen molar-refractivity contribution in [1.29, 1.82) is 0 Å². The molecular formula is C28H33N5O5. The molecule has 10 nitrogen and oxygen atoms in total. The SMILES string of the molecule is COc1cc(OC)cc(-c2nc3nc(C)c(CCC(=O)NCCc4ccc(OC)c(OC)c4)c(C)n3n2)c1. The number of amides is 1. The van der Waals surface area contributed by atoms with Crippen molar-refractivity contribution < 1.29 is 23.7 Å². The van der Waals surface area contributed by atoms with Crippen LogP contribution in [-0.2, 0) is 17.6 Å². The minimum atomic E-state index is -0.0212. The predicted octanol–water partition coefficient (Wildman–Crippen LogP) is 3.73. The number of carbonyl (C=O) groups excluding carboxylic acids is 1. The van der Waals surface area contributed by atoms with E-state index >= 15 is 0 Å². The smallest absolute Gasteiger partial charge is 0.253 e. The maximum Gasteiger partial charge on any atom is 0.253 e. The van der Waals surface area contributed by atoms with Crippen molar-refractivity contribution in [2.75, 3.05) is 35.0 Å². The number of hydrogen-bond donors (Lipinski definition) is 1. The van der Waals surface area contributed by atoms with Crippen LogP contribution in [0.2, 0.25) is 0 Å². The van der Waals surface area contributed by atoms with Crippen molar-refractivity contribution >= 4 is 11.7 Å². The Morgan fingerprint density at radius 2 is 1.58 bits per heavy atom. The zero-order valence-corrected chi connectivity index (χ0v) is 22.6. The number of aryl methyl sites for hydroxylation is 2. The summed E-state index contributed by atoms with van der Waals surface area (Å²) in [6.45, 7) is 4.43. The minimum Gasteiger partial charge on any atom is -0.497 e. The summed E-state index contributed by atoms with van der Waals surface area (Å²) in [5, 5.41) is 7.68. The number of methoxy groups -OCH3 is 4. The van der Waals surface area contributed by atoms with Gasteiger partial charge in [0.1, 0.15) is 11.5 Å². The Hall–Kier alpha value is -4.34. The van der Waals surface area contributed by atoms with Crippen LogP contribution in [0, 0.1) is 13.8 Å². The molecule has 0 atom stereocenters. The molecule has 10 heteroatoms. The van der Waals surface area contributed by atoms with Gasteiger partial charge in [-0.1, -0.05) is 6.07 Å². The Balaban J connectivity index is 1.42. The molecule has 0 fully saturated rings. The largest absolute Gasteiger partial charge is 0.497 e. The monoisotopic (exact) mass is 519 g/mol. The van der Waals surface area contributed by atoms with Gasteiger partial charge in [0.05, 0.1) is 28.4 Å². The lowest BCUT2D eigenvalue weighted by atomic mass is 10.1. The quantitative estimate of drug-likeness (QED) is 0.319. The highest BCUT2D eigenvalue weighted by Gasteiger charge is 2.16. The fourth-order valence-electron chi connectivity index (χ4n) is 4.34. The summed E-state index contributed by atoms with van der Waals surface area (Å²) >= 11 is 0. The van der Waals surface area contributed by atoms with Crippen molar-refractivity contribution in [2.45, 2.75) is 33.1 Å². The van der Waals surface area contributed by atoms with E-state index < -0.39 is 0 Å². The predicted molar refractivity (Wildman–Crippen MR) is 143 cm³/mol. The van der Waals surface area contributed by atoms with Crippen molar-refractivity contribution in [3.8, 4) is 34.4 Å². The molecule has 0 saturated heterocycles. The van der Waals surface area contributed by atoms with Gasteiger partial charge in [-0.25, -0.2) is 9.50 Å². The summed E-state index contributed by atoms with van der Waals surface area (Å²) < 4.78 is 23.1. The van der Waals surface area contributed by atoms with Gasteiger partial charge in [-0.05, 0) is 62.1 Å². The number of carbonyl (C=O) groups is 1. The Morgan fingerprint density at radius 1 is 0.868 bits per heavy atom. The molecule has 2 heterocycles. The molecule has 0 radical (unpaired) electrons. The second-order valence-electron chi connectivity index (χ2n) is 8.80.